The van der Waals surface area contributed by atoms with Gasteiger partial charge in [0.2, 0.25) is 0 Å². The van der Waals surface area contributed by atoms with E-state index >= 15 is 0 Å². The van der Waals surface area contributed by atoms with Crippen LogP contribution in [0.1, 0.15) is 5.56 Å². The molecule has 3 nitrogen and oxygen atoms in total. The molecule has 1 aromatic carbocycles. The zero-order chi connectivity index (χ0) is 8.27. The van der Waals surface area contributed by atoms with E-state index in [1.54, 1.807) is 18.2 Å². The van der Waals surface area contributed by atoms with E-state index in [-0.39, 0.29) is 0 Å². The lowest BCUT2D eigenvalue weighted by Crippen LogP contribution is -1.93. The van der Waals surface area contributed by atoms with Gasteiger partial charge >= 0.3 is 0 Å². The van der Waals surface area contributed by atoms with Crippen molar-refractivity contribution in [3.8, 4) is 11.8 Å². The molecule has 0 spiro atoms. The van der Waals surface area contributed by atoms with E-state index in [1.807, 2.05) is 6.07 Å². The van der Waals surface area contributed by atoms with Crippen LogP contribution in [0.4, 0.5) is 5.69 Å². The van der Waals surface area contributed by atoms with Crippen LogP contribution in [0.3, 0.4) is 0 Å². The Morgan fingerprint density at radius 1 is 1.55 bits per heavy atom. The predicted molar refractivity (Wildman–Crippen MR) is 42.1 cm³/mol. The topological polar surface area (TPSA) is 59.0 Å². The minimum atomic E-state index is 0.398. The lowest BCUT2D eigenvalue weighted by atomic mass is 10.2. The number of nitriles is 1. The molecule has 0 atom stereocenters. The summed E-state index contributed by atoms with van der Waals surface area (Å²) in [4.78, 5) is 0. The summed E-state index contributed by atoms with van der Waals surface area (Å²) >= 11 is 0. The number of hydrogen-bond donors (Lipinski definition) is 1. The Balaban J connectivity index is 3.27. The number of nitrogen functional groups attached to an aromatic ring is 1. The molecule has 3 heteroatoms. The second-order valence-electron chi connectivity index (χ2n) is 2.04. The van der Waals surface area contributed by atoms with Crippen LogP contribution in [0.25, 0.3) is 0 Å². The molecule has 0 amide bonds. The smallest absolute Gasteiger partial charge is 0.138 e. The maximum Gasteiger partial charge on any atom is 0.138 e. The van der Waals surface area contributed by atoms with Crippen molar-refractivity contribution < 1.29 is 4.74 Å². The SMILES string of the molecule is COc1cccc(N)c1C#N. The fourth-order valence-electron chi connectivity index (χ4n) is 0.838. The fourth-order valence-corrected chi connectivity index (χ4v) is 0.838. The Labute approximate surface area is 65.0 Å². The first kappa shape index (κ1) is 7.42. The van der Waals surface area contributed by atoms with Gasteiger partial charge in [0.25, 0.3) is 0 Å². The van der Waals surface area contributed by atoms with Gasteiger partial charge in [-0.2, -0.15) is 5.26 Å². The van der Waals surface area contributed by atoms with Crippen molar-refractivity contribution in [2.45, 2.75) is 0 Å². The van der Waals surface area contributed by atoms with E-state index in [0.717, 1.165) is 0 Å². The van der Waals surface area contributed by atoms with Crippen molar-refractivity contribution in [1.82, 2.24) is 0 Å². The molecule has 0 unspecified atom stereocenters. The Morgan fingerprint density at radius 2 is 2.27 bits per heavy atom. The highest BCUT2D eigenvalue weighted by molar-refractivity contribution is 5.60. The maximum atomic E-state index is 8.62. The van der Waals surface area contributed by atoms with E-state index in [0.29, 0.717) is 17.0 Å². The van der Waals surface area contributed by atoms with Gasteiger partial charge in [0.15, 0.2) is 0 Å². The number of nitrogens with two attached hydrogens (primary N) is 1. The van der Waals surface area contributed by atoms with Crippen LogP contribution in [0.2, 0.25) is 0 Å². The van der Waals surface area contributed by atoms with E-state index < -0.39 is 0 Å². The molecular weight excluding hydrogens is 140 g/mol. The lowest BCUT2D eigenvalue weighted by Gasteiger charge is -2.02. The van der Waals surface area contributed by atoms with Gasteiger partial charge in [-0.05, 0) is 12.1 Å². The molecule has 0 aliphatic rings. The van der Waals surface area contributed by atoms with Crippen molar-refractivity contribution in [3.63, 3.8) is 0 Å². The highest BCUT2D eigenvalue weighted by Gasteiger charge is 2.03. The molecule has 0 saturated carbocycles. The highest BCUT2D eigenvalue weighted by atomic mass is 16.5. The number of hydrogen-bond acceptors (Lipinski definition) is 3. The molecule has 0 radical (unpaired) electrons. The molecule has 1 rings (SSSR count). The summed E-state index contributed by atoms with van der Waals surface area (Å²) in [5, 5.41) is 8.62. The molecular formula is C8H8N2O. The van der Waals surface area contributed by atoms with Gasteiger partial charge in [-0.25, -0.2) is 0 Å². The van der Waals surface area contributed by atoms with E-state index in [4.69, 9.17) is 15.7 Å². The minimum absolute atomic E-state index is 0.398. The van der Waals surface area contributed by atoms with Gasteiger partial charge in [-0.15, -0.1) is 0 Å². The summed E-state index contributed by atoms with van der Waals surface area (Å²) in [5.74, 6) is 0.521. The third kappa shape index (κ3) is 1.24. The number of methoxy groups -OCH3 is 1. The third-order valence-corrected chi connectivity index (χ3v) is 1.39. The monoisotopic (exact) mass is 148 g/mol. The second-order valence-corrected chi connectivity index (χ2v) is 2.04. The van der Waals surface area contributed by atoms with Crippen LogP contribution in [-0.4, -0.2) is 7.11 Å². The first-order chi connectivity index (χ1) is 5.29. The molecule has 0 saturated heterocycles. The summed E-state index contributed by atoms with van der Waals surface area (Å²) in [6, 6.07) is 7.08. The van der Waals surface area contributed by atoms with E-state index in [9.17, 15) is 0 Å². The molecule has 0 bridgehead atoms. The molecule has 0 aliphatic heterocycles. The van der Waals surface area contributed by atoms with Crippen LogP contribution in [0.15, 0.2) is 18.2 Å². The molecule has 56 valence electrons. The van der Waals surface area contributed by atoms with Crippen LogP contribution >= 0.6 is 0 Å². The summed E-state index contributed by atoms with van der Waals surface area (Å²) in [6.45, 7) is 0. The molecule has 1 aromatic rings. The summed E-state index contributed by atoms with van der Waals surface area (Å²) in [7, 11) is 1.51. The Hall–Kier alpha value is -1.69. The fraction of sp³-hybridized carbons (Fsp3) is 0.125. The van der Waals surface area contributed by atoms with Gasteiger partial charge in [0.1, 0.15) is 17.4 Å². The quantitative estimate of drug-likeness (QED) is 0.607. The largest absolute Gasteiger partial charge is 0.495 e. The number of rotatable bonds is 1. The van der Waals surface area contributed by atoms with Crippen LogP contribution in [-0.2, 0) is 0 Å². The first-order valence-electron chi connectivity index (χ1n) is 3.12. The zero-order valence-electron chi connectivity index (χ0n) is 6.16. The Bertz CT molecular complexity index is 301. The van der Waals surface area contributed by atoms with E-state index in [2.05, 4.69) is 0 Å². The van der Waals surface area contributed by atoms with Crippen LogP contribution in [0.5, 0.6) is 5.75 Å². The summed E-state index contributed by atoms with van der Waals surface area (Å²) in [5.41, 5.74) is 6.35. The Morgan fingerprint density at radius 3 is 2.73 bits per heavy atom. The molecule has 0 fully saturated rings. The van der Waals surface area contributed by atoms with Crippen molar-refractivity contribution in [3.05, 3.63) is 23.8 Å². The van der Waals surface area contributed by atoms with Gasteiger partial charge in [0.05, 0.1) is 12.8 Å². The van der Waals surface area contributed by atoms with Gasteiger partial charge in [0, 0.05) is 0 Å². The molecule has 11 heavy (non-hydrogen) atoms. The first-order valence-corrected chi connectivity index (χ1v) is 3.12. The molecule has 0 aliphatic carbocycles. The van der Waals surface area contributed by atoms with Crippen molar-refractivity contribution in [2.24, 2.45) is 0 Å². The van der Waals surface area contributed by atoms with Gasteiger partial charge in [-0.3, -0.25) is 0 Å². The van der Waals surface area contributed by atoms with Crippen molar-refractivity contribution in [1.29, 1.82) is 5.26 Å². The lowest BCUT2D eigenvalue weighted by molar-refractivity contribution is 0.414. The van der Waals surface area contributed by atoms with Gasteiger partial charge in [-0.1, -0.05) is 6.07 Å². The van der Waals surface area contributed by atoms with Crippen molar-refractivity contribution in [2.75, 3.05) is 12.8 Å². The number of ether oxygens (including phenoxy) is 1. The average Bonchev–Trinajstić information content (AvgIpc) is 2.04. The third-order valence-electron chi connectivity index (χ3n) is 1.39. The normalized spacial score (nSPS) is 8.73. The number of anilines is 1. The average molecular weight is 148 g/mol. The second kappa shape index (κ2) is 2.93. The predicted octanol–water partition coefficient (Wildman–Crippen LogP) is 1.15. The van der Waals surface area contributed by atoms with Gasteiger partial charge < -0.3 is 10.5 Å². The minimum Gasteiger partial charge on any atom is -0.495 e. The van der Waals surface area contributed by atoms with Crippen molar-refractivity contribution >= 4 is 5.69 Å². The number of nitrogens with zero attached hydrogens (tertiary/aromatic N) is 1. The highest BCUT2D eigenvalue weighted by Crippen LogP contribution is 2.22. The van der Waals surface area contributed by atoms with Crippen LogP contribution in [0, 0.1) is 11.3 Å². The standard InChI is InChI=1S/C8H8N2O/c1-11-8-4-2-3-7(10)6(8)5-9/h2-4H,10H2,1H3. The Kier molecular flexibility index (Phi) is 1.98. The molecule has 0 heterocycles. The zero-order valence-corrected chi connectivity index (χ0v) is 6.16. The summed E-state index contributed by atoms with van der Waals surface area (Å²) in [6.07, 6.45) is 0. The van der Waals surface area contributed by atoms with Crippen LogP contribution < -0.4 is 10.5 Å². The number of benzene rings is 1. The summed E-state index contributed by atoms with van der Waals surface area (Å²) < 4.78 is 4.91. The van der Waals surface area contributed by atoms with E-state index in [1.165, 1.54) is 7.11 Å². The molecule has 0 aromatic heterocycles. The maximum absolute atomic E-state index is 8.62. The molecule has 2 N–H and O–H groups in total.